The summed E-state index contributed by atoms with van der Waals surface area (Å²) in [6.45, 7) is 17.8. The van der Waals surface area contributed by atoms with Crippen LogP contribution >= 0.6 is 0 Å². The molecular weight excluding hydrogens is 659 g/mol. The number of aryl methyl sites for hydroxylation is 4. The second-order valence-corrected chi connectivity index (χ2v) is 21.2. The Labute approximate surface area is 286 Å². The minimum atomic E-state index is 0. The molecule has 0 aliphatic carbocycles. The summed E-state index contributed by atoms with van der Waals surface area (Å²) in [5.74, 6) is 0.578. The molecule has 43 heavy (non-hydrogen) atoms. The van der Waals surface area contributed by atoms with Crippen LogP contribution in [0.5, 0.6) is 0 Å². The van der Waals surface area contributed by atoms with Crippen molar-refractivity contribution in [2.75, 3.05) is 0 Å². The molecule has 0 aromatic heterocycles. The van der Waals surface area contributed by atoms with Crippen LogP contribution in [0.3, 0.4) is 0 Å². The minimum Gasteiger partial charge on any atom is -1.00 e. The number of rotatable bonds is 3. The van der Waals surface area contributed by atoms with E-state index in [2.05, 4.69) is 158 Å². The normalized spacial score (nSPS) is 10.3. The van der Waals surface area contributed by atoms with Crippen LogP contribution in [0.4, 0.5) is 0 Å². The summed E-state index contributed by atoms with van der Waals surface area (Å²) in [4.78, 5) is 0. The first kappa shape index (κ1) is 37.0. The van der Waals surface area contributed by atoms with E-state index in [1.54, 1.807) is 23.3 Å². The maximum Gasteiger partial charge on any atom is -0.0274 e. The average molecular weight is 701 g/mol. The molecule has 6 aromatic carbocycles. The molecule has 0 aliphatic heterocycles. The van der Waals surface area contributed by atoms with E-state index in [-0.39, 0.29) is 30.2 Å². The van der Waals surface area contributed by atoms with Crippen LogP contribution in [0.25, 0.3) is 43.8 Å². The monoisotopic (exact) mass is 698 g/mol. The minimum absolute atomic E-state index is 0. The first-order valence-electron chi connectivity index (χ1n) is 14.6. The number of benzene rings is 4. The van der Waals surface area contributed by atoms with Crippen LogP contribution < -0.4 is 24.8 Å². The van der Waals surface area contributed by atoms with Crippen LogP contribution in [0.15, 0.2) is 103 Å². The molecule has 0 bridgehead atoms. The predicted octanol–water partition coefficient (Wildman–Crippen LogP) is 5.60. The molecule has 4 heteroatoms. The molecular formula is C39H42Cl2SiZr-2. The molecule has 0 radical (unpaired) electrons. The van der Waals surface area contributed by atoms with Gasteiger partial charge in [-0.1, -0.05) is 111 Å². The van der Waals surface area contributed by atoms with Gasteiger partial charge in [0.05, 0.1) is 0 Å². The van der Waals surface area contributed by atoms with Gasteiger partial charge < -0.3 is 24.8 Å². The zero-order valence-corrected chi connectivity index (χ0v) is 31.6. The van der Waals surface area contributed by atoms with Crippen molar-refractivity contribution in [3.8, 4) is 22.3 Å². The molecule has 222 valence electrons. The number of halogens is 2. The first-order chi connectivity index (χ1) is 19.5. The molecule has 0 saturated carbocycles. The summed E-state index contributed by atoms with van der Waals surface area (Å²) >= 11 is 1.74. The second kappa shape index (κ2) is 16.7. The molecule has 0 saturated heterocycles. The van der Waals surface area contributed by atoms with Crippen molar-refractivity contribution in [3.05, 3.63) is 131 Å². The van der Waals surface area contributed by atoms with Gasteiger partial charge in [0, 0.05) is 0 Å². The molecule has 0 heterocycles. The van der Waals surface area contributed by atoms with E-state index in [0.29, 0.717) is 5.92 Å². The standard InChI is InChI=1S/C20H21.C17H15.C2H6Si.2ClH.Zr/c1-13(2)17-11-16-6-5-7-19(20(16)12-17)18-9-14(3)8-15(4)10-18;1-12-10-16-13(2)8-9-15(17(16)11-12)14-6-4-3-5-7-14;1-3-2;;;/h5-13H,1-4H3;3-11H,1-2H3;1-2H3;2*1H;/q2*-1;;;;+2/p-2. The molecule has 6 rings (SSSR count). The fraction of sp³-hybridized carbons (Fsp3) is 0.231. The maximum atomic E-state index is 2.35. The molecule has 0 N–H and O–H groups in total. The van der Waals surface area contributed by atoms with Crippen molar-refractivity contribution in [1.29, 1.82) is 0 Å². The van der Waals surface area contributed by atoms with Crippen molar-refractivity contribution in [2.45, 2.75) is 60.6 Å². The van der Waals surface area contributed by atoms with Crippen LogP contribution in [0.2, 0.25) is 13.1 Å². The zero-order chi connectivity index (χ0) is 29.7. The average Bonchev–Trinajstić information content (AvgIpc) is 3.53. The molecule has 0 fully saturated rings. The number of hydrogen-bond acceptors (Lipinski definition) is 0. The Morgan fingerprint density at radius 1 is 0.628 bits per heavy atom. The van der Waals surface area contributed by atoms with E-state index in [4.69, 9.17) is 0 Å². The Hall–Kier alpha value is -2.22. The summed E-state index contributed by atoms with van der Waals surface area (Å²) in [7, 11) is 0. The van der Waals surface area contributed by atoms with Crippen LogP contribution in [0.1, 0.15) is 47.6 Å². The Morgan fingerprint density at radius 3 is 1.84 bits per heavy atom. The Kier molecular flexibility index (Phi) is 14.4. The van der Waals surface area contributed by atoms with Gasteiger partial charge in [0.1, 0.15) is 0 Å². The molecule has 0 atom stereocenters. The Bertz CT molecular complexity index is 1770. The first-order valence-corrected chi connectivity index (χ1v) is 20.7. The molecule has 6 aromatic rings. The van der Waals surface area contributed by atoms with Crippen molar-refractivity contribution >= 4 is 27.0 Å². The molecule has 0 spiro atoms. The van der Waals surface area contributed by atoms with Crippen LogP contribution in [-0.2, 0) is 23.3 Å². The SMILES string of the molecule is C[Si](C)=[Zr+2].Cc1cc(C)cc(-c2cccc3[cH-]c(C(C)C)cc23)c1.Cc1cc2c(-c3ccccc3)ccc(C)c2[cH-]1.[Cl-].[Cl-]. The fourth-order valence-electron chi connectivity index (χ4n) is 5.43. The van der Waals surface area contributed by atoms with Crippen molar-refractivity contribution in [3.63, 3.8) is 0 Å². The molecule has 0 aliphatic rings. The van der Waals surface area contributed by atoms with Crippen molar-refractivity contribution in [2.24, 2.45) is 0 Å². The summed E-state index contributed by atoms with van der Waals surface area (Å²) in [6, 6.07) is 37.7. The van der Waals surface area contributed by atoms with Gasteiger partial charge in [0.2, 0.25) is 0 Å². The number of fused-ring (bicyclic) bond motifs is 2. The van der Waals surface area contributed by atoms with Gasteiger partial charge in [-0.15, -0.1) is 68.6 Å². The summed E-state index contributed by atoms with van der Waals surface area (Å²) in [5, 5.41) is 5.48. The number of hydrogen-bond donors (Lipinski definition) is 0. The summed E-state index contributed by atoms with van der Waals surface area (Å²) in [5.41, 5.74) is 12.3. The van der Waals surface area contributed by atoms with E-state index in [1.165, 1.54) is 71.6 Å². The van der Waals surface area contributed by atoms with Crippen molar-refractivity contribution in [1.82, 2.24) is 0 Å². The van der Waals surface area contributed by atoms with Crippen LogP contribution in [-0.4, -0.2) is 5.43 Å². The molecule has 0 unspecified atom stereocenters. The summed E-state index contributed by atoms with van der Waals surface area (Å²) < 4.78 is 0. The van der Waals surface area contributed by atoms with E-state index in [1.807, 2.05) is 0 Å². The summed E-state index contributed by atoms with van der Waals surface area (Å²) in [6.07, 6.45) is 0. The third-order valence-corrected chi connectivity index (χ3v) is 7.31. The van der Waals surface area contributed by atoms with Crippen LogP contribution in [0, 0.1) is 27.7 Å². The van der Waals surface area contributed by atoms with E-state index in [9.17, 15) is 0 Å². The van der Waals surface area contributed by atoms with Gasteiger partial charge >= 0.3 is 41.9 Å². The largest absolute Gasteiger partial charge is 1.00 e. The van der Waals surface area contributed by atoms with E-state index < -0.39 is 0 Å². The fourth-order valence-corrected chi connectivity index (χ4v) is 5.43. The smallest absolute Gasteiger partial charge is 0.0274 e. The predicted molar refractivity (Wildman–Crippen MR) is 180 cm³/mol. The van der Waals surface area contributed by atoms with Gasteiger partial charge in [-0.25, -0.2) is 0 Å². The zero-order valence-electron chi connectivity index (χ0n) is 26.6. The molecule has 0 amide bonds. The maximum absolute atomic E-state index is 2.35. The van der Waals surface area contributed by atoms with Gasteiger partial charge in [0.15, 0.2) is 0 Å². The second-order valence-electron chi connectivity index (χ2n) is 11.8. The quantitative estimate of drug-likeness (QED) is 0.167. The third-order valence-electron chi connectivity index (χ3n) is 7.31. The van der Waals surface area contributed by atoms with Crippen molar-refractivity contribution < 1.29 is 48.1 Å². The van der Waals surface area contributed by atoms with Gasteiger partial charge in [-0.3, -0.25) is 0 Å². The topological polar surface area (TPSA) is 0 Å². The van der Waals surface area contributed by atoms with Gasteiger partial charge in [-0.05, 0) is 30.9 Å². The Balaban J connectivity index is 0.000000259. The Morgan fingerprint density at radius 2 is 1.23 bits per heavy atom. The molecule has 0 nitrogen and oxygen atoms in total. The van der Waals surface area contributed by atoms with E-state index >= 15 is 0 Å². The van der Waals surface area contributed by atoms with Gasteiger partial charge in [-0.2, -0.15) is 12.1 Å². The third kappa shape index (κ3) is 9.63. The van der Waals surface area contributed by atoms with Gasteiger partial charge in [0.25, 0.3) is 0 Å². The van der Waals surface area contributed by atoms with E-state index in [0.717, 1.165) is 0 Å².